The van der Waals surface area contributed by atoms with Gasteiger partial charge in [-0.3, -0.25) is 15.0 Å². The Hall–Kier alpha value is -1.14. The molecule has 1 atom stereocenters. The average Bonchev–Trinajstić information content (AvgIpc) is 1.86. The molecule has 64 valence electrons. The van der Waals surface area contributed by atoms with Gasteiger partial charge < -0.3 is 11.5 Å². The zero-order chi connectivity index (χ0) is 8.85. The van der Waals surface area contributed by atoms with E-state index in [4.69, 9.17) is 11.5 Å². The van der Waals surface area contributed by atoms with Crippen LogP contribution in [-0.2, 0) is 9.59 Å². The number of primary amides is 1. The van der Waals surface area contributed by atoms with Crippen molar-refractivity contribution in [2.75, 3.05) is 6.54 Å². The minimum Gasteiger partial charge on any atom is -0.369 e. The number of hydrazine groups is 1. The molecule has 0 aromatic rings. The molecule has 0 aromatic carbocycles. The first kappa shape index (κ1) is 9.86. The lowest BCUT2D eigenvalue weighted by Gasteiger charge is -2.06. The van der Waals surface area contributed by atoms with Crippen molar-refractivity contribution >= 4 is 11.8 Å². The van der Waals surface area contributed by atoms with Gasteiger partial charge in [-0.1, -0.05) is 0 Å². The Morgan fingerprint density at radius 3 is 2.45 bits per heavy atom. The number of carbonyl (C=O) groups excluding carboxylic acids is 2. The molecule has 6 heteroatoms. The summed E-state index contributed by atoms with van der Waals surface area (Å²) in [7, 11) is 0. The van der Waals surface area contributed by atoms with Gasteiger partial charge in [-0.05, 0) is 6.92 Å². The molecule has 0 aliphatic carbocycles. The number of rotatable bonds is 4. The van der Waals surface area contributed by atoms with E-state index in [2.05, 4.69) is 10.9 Å². The first-order valence-electron chi connectivity index (χ1n) is 3.10. The third kappa shape index (κ3) is 5.31. The Bertz CT molecular complexity index is 157. The molecule has 0 radical (unpaired) electrons. The van der Waals surface area contributed by atoms with Crippen LogP contribution in [0.4, 0.5) is 0 Å². The maximum Gasteiger partial charge on any atom is 0.250 e. The van der Waals surface area contributed by atoms with Crippen LogP contribution in [0.5, 0.6) is 0 Å². The fraction of sp³-hybridized carbons (Fsp3) is 0.600. The van der Waals surface area contributed by atoms with Crippen molar-refractivity contribution in [3.63, 3.8) is 0 Å². The van der Waals surface area contributed by atoms with Crippen LogP contribution in [0, 0.1) is 0 Å². The van der Waals surface area contributed by atoms with Crippen LogP contribution in [0.3, 0.4) is 0 Å². The van der Waals surface area contributed by atoms with E-state index in [1.54, 1.807) is 0 Å². The van der Waals surface area contributed by atoms with Crippen molar-refractivity contribution in [1.82, 2.24) is 10.9 Å². The van der Waals surface area contributed by atoms with Gasteiger partial charge in [0, 0.05) is 0 Å². The van der Waals surface area contributed by atoms with E-state index in [9.17, 15) is 9.59 Å². The van der Waals surface area contributed by atoms with Gasteiger partial charge in [0.15, 0.2) is 0 Å². The van der Waals surface area contributed by atoms with E-state index in [1.165, 1.54) is 6.92 Å². The molecule has 0 saturated carbocycles. The predicted octanol–water partition coefficient (Wildman–Crippen LogP) is -2.56. The van der Waals surface area contributed by atoms with Crippen molar-refractivity contribution in [3.05, 3.63) is 0 Å². The summed E-state index contributed by atoms with van der Waals surface area (Å²) in [5.74, 6) is -0.929. The number of amides is 2. The summed E-state index contributed by atoms with van der Waals surface area (Å²) in [6, 6.07) is -0.602. The van der Waals surface area contributed by atoms with Crippen molar-refractivity contribution in [2.45, 2.75) is 13.0 Å². The lowest BCUT2D eigenvalue weighted by molar-refractivity contribution is -0.123. The minimum absolute atomic E-state index is 0.0987. The topological polar surface area (TPSA) is 110 Å². The van der Waals surface area contributed by atoms with Crippen molar-refractivity contribution in [2.24, 2.45) is 11.5 Å². The molecule has 0 spiro atoms. The van der Waals surface area contributed by atoms with Gasteiger partial charge in [-0.25, -0.2) is 5.43 Å². The molecule has 2 amide bonds. The Labute approximate surface area is 64.3 Å². The molecule has 0 aromatic heterocycles. The van der Waals surface area contributed by atoms with Gasteiger partial charge in [-0.2, -0.15) is 0 Å². The molecule has 0 saturated heterocycles. The first-order chi connectivity index (χ1) is 5.04. The summed E-state index contributed by atoms with van der Waals surface area (Å²) in [5, 5.41) is 0. The summed E-state index contributed by atoms with van der Waals surface area (Å²) in [6.45, 7) is 1.43. The van der Waals surface area contributed by atoms with Gasteiger partial charge in [0.05, 0.1) is 12.6 Å². The van der Waals surface area contributed by atoms with Gasteiger partial charge in [0.2, 0.25) is 5.91 Å². The molecule has 0 bridgehead atoms. The zero-order valence-electron chi connectivity index (χ0n) is 6.26. The van der Waals surface area contributed by atoms with E-state index < -0.39 is 11.9 Å². The third-order valence-electron chi connectivity index (χ3n) is 0.888. The predicted molar refractivity (Wildman–Crippen MR) is 39.0 cm³/mol. The van der Waals surface area contributed by atoms with Gasteiger partial charge in [0.1, 0.15) is 0 Å². The van der Waals surface area contributed by atoms with Crippen molar-refractivity contribution in [3.8, 4) is 0 Å². The highest BCUT2D eigenvalue weighted by atomic mass is 16.2. The van der Waals surface area contributed by atoms with Gasteiger partial charge in [0.25, 0.3) is 5.91 Å². The van der Waals surface area contributed by atoms with Crippen LogP contribution in [-0.4, -0.2) is 24.4 Å². The minimum atomic E-state index is -0.602. The molecular weight excluding hydrogens is 148 g/mol. The summed E-state index contributed by atoms with van der Waals surface area (Å²) in [5.41, 5.74) is 14.5. The molecule has 6 N–H and O–H groups in total. The first-order valence-corrected chi connectivity index (χ1v) is 3.10. The quantitative estimate of drug-likeness (QED) is 0.339. The second-order valence-electron chi connectivity index (χ2n) is 2.10. The highest BCUT2D eigenvalue weighted by Gasteiger charge is 2.05. The van der Waals surface area contributed by atoms with Crippen LogP contribution in [0.1, 0.15) is 6.92 Å². The molecule has 0 rings (SSSR count). The Morgan fingerprint density at radius 1 is 1.55 bits per heavy atom. The molecule has 11 heavy (non-hydrogen) atoms. The van der Waals surface area contributed by atoms with Gasteiger partial charge in [-0.15, -0.1) is 0 Å². The summed E-state index contributed by atoms with van der Waals surface area (Å²) in [4.78, 5) is 20.8. The van der Waals surface area contributed by atoms with E-state index >= 15 is 0 Å². The fourth-order valence-corrected chi connectivity index (χ4v) is 0.332. The lowest BCUT2D eigenvalue weighted by atomic mass is 10.3. The summed E-state index contributed by atoms with van der Waals surface area (Å²) in [6.07, 6.45) is 0. The van der Waals surface area contributed by atoms with Crippen LogP contribution < -0.4 is 22.3 Å². The molecule has 0 aliphatic rings. The molecule has 0 fully saturated rings. The fourth-order valence-electron chi connectivity index (χ4n) is 0.332. The van der Waals surface area contributed by atoms with E-state index in [0.29, 0.717) is 0 Å². The van der Waals surface area contributed by atoms with E-state index in [-0.39, 0.29) is 12.5 Å². The molecule has 0 heterocycles. The van der Waals surface area contributed by atoms with Crippen LogP contribution in [0.25, 0.3) is 0 Å². The Balaban J connectivity index is 3.39. The molecule has 1 unspecified atom stereocenters. The number of nitrogens with one attached hydrogen (secondary N) is 2. The average molecular weight is 160 g/mol. The molecule has 6 nitrogen and oxygen atoms in total. The largest absolute Gasteiger partial charge is 0.369 e. The van der Waals surface area contributed by atoms with E-state index in [0.717, 1.165) is 0 Å². The molecule has 0 aliphatic heterocycles. The standard InChI is InChI=1S/C5H12N4O2/c1-3(6)5(11)9-8-2-4(7)10/h3,8H,2,6H2,1H3,(H2,7,10)(H,9,11). The van der Waals surface area contributed by atoms with Crippen LogP contribution >= 0.6 is 0 Å². The number of hydrogen-bond acceptors (Lipinski definition) is 4. The SMILES string of the molecule is CC(N)C(=O)NNCC(N)=O. The summed E-state index contributed by atoms with van der Waals surface area (Å²) >= 11 is 0. The monoisotopic (exact) mass is 160 g/mol. The smallest absolute Gasteiger partial charge is 0.250 e. The maximum absolute atomic E-state index is 10.7. The molecular formula is C5H12N4O2. The highest BCUT2D eigenvalue weighted by Crippen LogP contribution is 1.70. The Kier molecular flexibility index (Phi) is 4.16. The zero-order valence-corrected chi connectivity index (χ0v) is 6.26. The second-order valence-corrected chi connectivity index (χ2v) is 2.10. The van der Waals surface area contributed by atoms with Crippen LogP contribution in [0.15, 0.2) is 0 Å². The number of carbonyl (C=O) groups is 2. The highest BCUT2D eigenvalue weighted by molar-refractivity contribution is 5.81. The maximum atomic E-state index is 10.7. The number of nitrogens with two attached hydrogens (primary N) is 2. The van der Waals surface area contributed by atoms with Crippen molar-refractivity contribution in [1.29, 1.82) is 0 Å². The van der Waals surface area contributed by atoms with E-state index in [1.807, 2.05) is 0 Å². The number of hydrogen-bond donors (Lipinski definition) is 4. The van der Waals surface area contributed by atoms with Gasteiger partial charge >= 0.3 is 0 Å². The summed E-state index contributed by atoms with van der Waals surface area (Å²) < 4.78 is 0. The van der Waals surface area contributed by atoms with Crippen molar-refractivity contribution < 1.29 is 9.59 Å². The van der Waals surface area contributed by atoms with Crippen LogP contribution in [0.2, 0.25) is 0 Å². The second kappa shape index (κ2) is 4.64. The lowest BCUT2D eigenvalue weighted by Crippen LogP contribution is -2.48. The third-order valence-corrected chi connectivity index (χ3v) is 0.888. The normalized spacial score (nSPS) is 12.2. The Morgan fingerprint density at radius 2 is 2.09 bits per heavy atom.